The predicted molar refractivity (Wildman–Crippen MR) is 58.5 cm³/mol. The highest BCUT2D eigenvalue weighted by Gasteiger charge is 2.10. The third-order valence-corrected chi connectivity index (χ3v) is 2.48. The van der Waals surface area contributed by atoms with Gasteiger partial charge in [-0.3, -0.25) is 5.41 Å². The van der Waals surface area contributed by atoms with Crippen LogP contribution in [0.15, 0.2) is 11.1 Å². The smallest absolute Gasteiger partial charge is 0.177 e. The van der Waals surface area contributed by atoms with Crippen LogP contribution in [0.3, 0.4) is 0 Å². The Hall–Kier alpha value is -1.25. The van der Waals surface area contributed by atoms with E-state index in [9.17, 15) is 5.11 Å². The average Bonchev–Trinajstić information content (AvgIpc) is 2.65. The average molecular weight is 288 g/mol. The molecule has 0 saturated carbocycles. The maximum atomic E-state index is 9.35. The Morgan fingerprint density at radius 2 is 2.38 bits per heavy atom. The van der Waals surface area contributed by atoms with Crippen molar-refractivity contribution in [2.75, 3.05) is 6.61 Å². The summed E-state index contributed by atoms with van der Waals surface area (Å²) in [7, 11) is 0. The number of fused-ring (bicyclic) bond motifs is 1. The molecule has 0 aliphatic rings. The summed E-state index contributed by atoms with van der Waals surface area (Å²) in [4.78, 5) is 10.8. The van der Waals surface area contributed by atoms with Crippen LogP contribution < -0.4 is 5.49 Å². The number of aliphatic hydroxyl groups excluding tert-OH is 2. The maximum Gasteiger partial charge on any atom is 0.177 e. The van der Waals surface area contributed by atoms with Crippen LogP contribution in [0.25, 0.3) is 11.2 Å². The van der Waals surface area contributed by atoms with Crippen molar-refractivity contribution >= 4 is 27.1 Å². The topological polar surface area (TPSA) is 111 Å². The van der Waals surface area contributed by atoms with Gasteiger partial charge in [-0.1, -0.05) is 0 Å². The lowest BCUT2D eigenvalue weighted by atomic mass is 10.3. The van der Waals surface area contributed by atoms with Crippen molar-refractivity contribution in [3.05, 3.63) is 16.5 Å². The molecule has 2 aromatic heterocycles. The summed E-state index contributed by atoms with van der Waals surface area (Å²) in [5.41, 5.74) is 1.09. The summed E-state index contributed by atoms with van der Waals surface area (Å²) in [6.45, 7) is -0.152. The van der Waals surface area contributed by atoms with Crippen LogP contribution in [0.5, 0.6) is 0 Å². The molecule has 0 aliphatic carbocycles. The fourth-order valence-corrected chi connectivity index (χ4v) is 1.74. The first-order valence-corrected chi connectivity index (χ1v) is 5.35. The molecular weight excluding hydrogens is 278 g/mol. The van der Waals surface area contributed by atoms with E-state index in [4.69, 9.17) is 10.5 Å². The lowest BCUT2D eigenvalue weighted by molar-refractivity contribution is 0.0817. The highest BCUT2D eigenvalue weighted by molar-refractivity contribution is 9.10. The summed E-state index contributed by atoms with van der Waals surface area (Å²) in [5, 5.41) is 25.7. The molecule has 2 heterocycles. The van der Waals surface area contributed by atoms with Crippen LogP contribution >= 0.6 is 15.9 Å². The van der Waals surface area contributed by atoms with E-state index in [1.54, 1.807) is 4.57 Å². The van der Waals surface area contributed by atoms with Gasteiger partial charge in [-0.15, -0.1) is 0 Å². The van der Waals surface area contributed by atoms with Crippen molar-refractivity contribution in [2.24, 2.45) is 0 Å². The molecule has 4 N–H and O–H groups in total. The summed E-state index contributed by atoms with van der Waals surface area (Å²) < 4.78 is 2.08. The van der Waals surface area contributed by atoms with E-state index in [2.05, 4.69) is 30.9 Å². The molecule has 0 radical (unpaired) electrons. The summed E-state index contributed by atoms with van der Waals surface area (Å²) in [6, 6.07) is 0. The minimum Gasteiger partial charge on any atom is -0.394 e. The van der Waals surface area contributed by atoms with Crippen LogP contribution in [0.1, 0.15) is 0 Å². The molecule has 1 atom stereocenters. The van der Waals surface area contributed by atoms with Gasteiger partial charge in [-0.2, -0.15) is 0 Å². The van der Waals surface area contributed by atoms with E-state index in [0.29, 0.717) is 15.9 Å². The minimum absolute atomic E-state index is 0.0861. The van der Waals surface area contributed by atoms with Crippen molar-refractivity contribution in [1.82, 2.24) is 19.5 Å². The van der Waals surface area contributed by atoms with Crippen molar-refractivity contribution in [3.63, 3.8) is 0 Å². The van der Waals surface area contributed by atoms with E-state index in [1.807, 2.05) is 0 Å². The maximum absolute atomic E-state index is 9.35. The second kappa shape index (κ2) is 4.32. The Bertz CT molecular complexity index is 563. The molecular formula is C8H10BrN5O2. The lowest BCUT2D eigenvalue weighted by Gasteiger charge is -2.10. The molecule has 8 heteroatoms. The number of H-pyrrole nitrogens is 1. The predicted octanol–water partition coefficient (Wildman–Crippen LogP) is -0.645. The van der Waals surface area contributed by atoms with E-state index < -0.39 is 6.10 Å². The Labute approximate surface area is 98.4 Å². The minimum atomic E-state index is -0.873. The summed E-state index contributed by atoms with van der Waals surface area (Å²) in [5.74, 6) is 0. The number of aliphatic hydroxyl groups is 2. The van der Waals surface area contributed by atoms with Gasteiger partial charge in [-0.25, -0.2) is 9.97 Å². The zero-order valence-electron chi connectivity index (χ0n) is 8.18. The molecule has 0 amide bonds. The van der Waals surface area contributed by atoms with Crippen molar-refractivity contribution < 1.29 is 10.2 Å². The Kier molecular flexibility index (Phi) is 3.03. The number of aromatic amines is 1. The van der Waals surface area contributed by atoms with Gasteiger partial charge in [0.15, 0.2) is 15.9 Å². The van der Waals surface area contributed by atoms with Crippen molar-refractivity contribution in [3.8, 4) is 0 Å². The highest BCUT2D eigenvalue weighted by Crippen LogP contribution is 2.11. The monoisotopic (exact) mass is 287 g/mol. The van der Waals surface area contributed by atoms with Crippen molar-refractivity contribution in [1.29, 1.82) is 5.41 Å². The first kappa shape index (κ1) is 11.2. The van der Waals surface area contributed by atoms with E-state index in [1.165, 1.54) is 6.33 Å². The summed E-state index contributed by atoms with van der Waals surface area (Å²) >= 11 is 3.17. The van der Waals surface area contributed by atoms with E-state index in [-0.39, 0.29) is 18.6 Å². The molecule has 0 fully saturated rings. The molecule has 2 rings (SSSR count). The van der Waals surface area contributed by atoms with Gasteiger partial charge >= 0.3 is 0 Å². The standard InChI is InChI=1S/C8H10BrN5O2/c9-8-12-5-6(10)11-3-14(7(5)13-8)1-4(16)2-15/h3-4,10,15-16H,1-2H2,(H,12,13)/t4-/m0/s1. The van der Waals surface area contributed by atoms with Gasteiger partial charge in [0.25, 0.3) is 0 Å². The Morgan fingerprint density at radius 1 is 1.62 bits per heavy atom. The zero-order chi connectivity index (χ0) is 11.7. The molecule has 0 bridgehead atoms. The van der Waals surface area contributed by atoms with Crippen molar-refractivity contribution in [2.45, 2.75) is 12.6 Å². The number of aromatic nitrogens is 4. The molecule has 0 saturated heterocycles. The number of rotatable bonds is 3. The first-order chi connectivity index (χ1) is 7.61. The summed E-state index contributed by atoms with van der Waals surface area (Å²) in [6.07, 6.45) is 0.540. The second-order valence-electron chi connectivity index (χ2n) is 3.31. The number of nitrogens with zero attached hydrogens (tertiary/aromatic N) is 3. The Morgan fingerprint density at radius 3 is 3.06 bits per heavy atom. The molecule has 7 nitrogen and oxygen atoms in total. The number of hydrogen-bond donors (Lipinski definition) is 4. The Balaban J connectivity index is 2.54. The number of hydrogen-bond acceptors (Lipinski definition) is 5. The van der Waals surface area contributed by atoms with Gasteiger partial charge in [0, 0.05) is 0 Å². The zero-order valence-corrected chi connectivity index (χ0v) is 9.77. The number of nitrogens with one attached hydrogen (secondary N) is 2. The lowest BCUT2D eigenvalue weighted by Crippen LogP contribution is -2.22. The molecule has 0 unspecified atom stereocenters. The number of halogens is 1. The molecule has 0 spiro atoms. The van der Waals surface area contributed by atoms with Crippen LogP contribution in [0.2, 0.25) is 0 Å². The van der Waals surface area contributed by atoms with Crippen LogP contribution in [0, 0.1) is 5.41 Å². The van der Waals surface area contributed by atoms with Crippen LogP contribution in [0.4, 0.5) is 0 Å². The largest absolute Gasteiger partial charge is 0.394 e. The third-order valence-electron chi connectivity index (χ3n) is 2.11. The molecule has 0 aromatic carbocycles. The normalized spacial score (nSPS) is 13.2. The van der Waals surface area contributed by atoms with Gasteiger partial charge in [0.05, 0.1) is 25.6 Å². The third kappa shape index (κ3) is 1.99. The molecule has 16 heavy (non-hydrogen) atoms. The highest BCUT2D eigenvalue weighted by atomic mass is 79.9. The fraction of sp³-hybridized carbons (Fsp3) is 0.375. The van der Waals surface area contributed by atoms with Gasteiger partial charge < -0.3 is 19.8 Å². The van der Waals surface area contributed by atoms with Gasteiger partial charge in [0.2, 0.25) is 0 Å². The van der Waals surface area contributed by atoms with E-state index >= 15 is 0 Å². The second-order valence-corrected chi connectivity index (χ2v) is 4.06. The van der Waals surface area contributed by atoms with Crippen LogP contribution in [-0.4, -0.2) is 42.4 Å². The van der Waals surface area contributed by atoms with Gasteiger partial charge in [0.1, 0.15) is 5.52 Å². The van der Waals surface area contributed by atoms with E-state index in [0.717, 1.165) is 0 Å². The first-order valence-electron chi connectivity index (χ1n) is 4.56. The fourth-order valence-electron chi connectivity index (χ4n) is 1.37. The quantitative estimate of drug-likeness (QED) is 0.563. The number of imidazole rings is 1. The van der Waals surface area contributed by atoms with Crippen LogP contribution in [-0.2, 0) is 6.54 Å². The molecule has 2 aromatic rings. The molecule has 0 aliphatic heterocycles. The molecule has 86 valence electrons. The van der Waals surface area contributed by atoms with Gasteiger partial charge in [-0.05, 0) is 15.9 Å². The SMILES string of the molecule is N=c1ncn(C[C@H](O)CO)c2nc(Br)[nH]c12.